The normalized spacial score (nSPS) is 23.4. The first kappa shape index (κ1) is 3.46. The van der Waals surface area contributed by atoms with Crippen LogP contribution in [0, 0.1) is 0 Å². The van der Waals surface area contributed by atoms with E-state index in [1.807, 2.05) is 0 Å². The first-order valence-electron chi connectivity index (χ1n) is 1.43. The molecule has 30 valence electrons. The third-order valence-corrected chi connectivity index (χ3v) is 1.43. The van der Waals surface area contributed by atoms with Crippen LogP contribution in [0.25, 0.3) is 0 Å². The summed E-state index contributed by atoms with van der Waals surface area (Å²) in [5.74, 6) is 2.13. The van der Waals surface area contributed by atoms with Gasteiger partial charge in [-0.25, -0.2) is 5.26 Å². The summed E-state index contributed by atoms with van der Waals surface area (Å²) in [7, 11) is 0. The monoisotopic (exact) mass is 93.0 g/mol. The highest BCUT2D eigenvalue weighted by Crippen LogP contribution is 2.10. The van der Waals surface area contributed by atoms with Crippen LogP contribution in [0.2, 0.25) is 0 Å². The fraction of sp³-hybridized carbons (Fsp3) is 1.00. The third-order valence-electron chi connectivity index (χ3n) is 0.476. The lowest BCUT2D eigenvalue weighted by Crippen LogP contribution is -1.76. The van der Waals surface area contributed by atoms with Gasteiger partial charge in [-0.2, -0.15) is 0 Å². The Labute approximate surface area is 33.2 Å². The zero-order valence-electron chi connectivity index (χ0n) is 2.68. The second kappa shape index (κ2) is 1.16. The van der Waals surface area contributed by atoms with E-state index in [1.165, 1.54) is 0 Å². The molecule has 3 heteroatoms. The van der Waals surface area contributed by atoms with Gasteiger partial charge in [0, 0.05) is 0 Å². The molecule has 0 radical (unpaired) electrons. The Balaban J connectivity index is 2.00. The minimum Gasteiger partial charge on any atom is -0.204 e. The Bertz CT molecular complexity index is 34.6. The van der Waals surface area contributed by atoms with Crippen LogP contribution in [0.4, 0.5) is 0 Å². The number of hydrogen-bond donors (Lipinski definition) is 1. The summed E-state index contributed by atoms with van der Waals surface area (Å²) in [5.41, 5.74) is 0. The number of rotatable bonds is 1. The van der Waals surface area contributed by atoms with Crippen molar-refractivity contribution in [1.29, 1.82) is 0 Å². The van der Waals surface area contributed by atoms with Gasteiger partial charge in [-0.1, -0.05) is 0 Å². The SMILES string of the molecule is OO[S+]1CC1. The van der Waals surface area contributed by atoms with E-state index in [2.05, 4.69) is 4.33 Å². The zero-order valence-corrected chi connectivity index (χ0v) is 3.49. The molecule has 1 aliphatic heterocycles. The molecule has 0 amide bonds. The van der Waals surface area contributed by atoms with Gasteiger partial charge < -0.3 is 0 Å². The van der Waals surface area contributed by atoms with Crippen LogP contribution in [0.1, 0.15) is 0 Å². The molecule has 1 fully saturated rings. The average Bonchev–Trinajstić information content (AvgIpc) is 2.12. The van der Waals surface area contributed by atoms with Crippen molar-refractivity contribution in [3.63, 3.8) is 0 Å². The van der Waals surface area contributed by atoms with Crippen LogP contribution in [0.15, 0.2) is 0 Å². The molecular formula is C2H5O2S+. The fourth-order valence-electron chi connectivity index (χ4n) is 0.109. The molecule has 0 spiro atoms. The minimum atomic E-state index is -0.0170. The topological polar surface area (TPSA) is 29.5 Å². The summed E-state index contributed by atoms with van der Waals surface area (Å²) < 4.78 is 3.89. The smallest absolute Gasteiger partial charge is 0.196 e. The van der Waals surface area contributed by atoms with Gasteiger partial charge in [-0.15, -0.1) is 0 Å². The predicted octanol–water partition coefficient (Wildman–Crippen LogP) is 0.0229. The fourth-order valence-corrected chi connectivity index (χ4v) is 0.530. The van der Waals surface area contributed by atoms with Crippen molar-refractivity contribution in [2.24, 2.45) is 0 Å². The van der Waals surface area contributed by atoms with Gasteiger partial charge in [0.05, 0.1) is 0 Å². The highest BCUT2D eigenvalue weighted by molar-refractivity contribution is 7.99. The molecule has 1 aliphatic rings. The van der Waals surface area contributed by atoms with Crippen molar-refractivity contribution in [1.82, 2.24) is 0 Å². The Morgan fingerprint density at radius 2 is 2.20 bits per heavy atom. The van der Waals surface area contributed by atoms with Crippen LogP contribution in [-0.4, -0.2) is 16.8 Å². The van der Waals surface area contributed by atoms with E-state index < -0.39 is 0 Å². The van der Waals surface area contributed by atoms with Gasteiger partial charge in [0.2, 0.25) is 0 Å². The summed E-state index contributed by atoms with van der Waals surface area (Å²) in [6, 6.07) is 0. The van der Waals surface area contributed by atoms with E-state index in [0.29, 0.717) is 0 Å². The Hall–Kier alpha value is 0.270. The molecule has 1 N–H and O–H groups in total. The van der Waals surface area contributed by atoms with Crippen LogP contribution >= 0.6 is 0 Å². The molecule has 5 heavy (non-hydrogen) atoms. The van der Waals surface area contributed by atoms with Gasteiger partial charge in [0.15, 0.2) is 22.7 Å². The van der Waals surface area contributed by atoms with Crippen molar-refractivity contribution in [3.05, 3.63) is 0 Å². The second-order valence-electron chi connectivity index (χ2n) is 0.923. The van der Waals surface area contributed by atoms with Crippen molar-refractivity contribution in [3.8, 4) is 0 Å². The molecule has 2 nitrogen and oxygen atoms in total. The lowest BCUT2D eigenvalue weighted by atomic mass is 11.0. The lowest BCUT2D eigenvalue weighted by molar-refractivity contribution is -0.119. The maximum Gasteiger partial charge on any atom is 0.196 e. The highest BCUT2D eigenvalue weighted by Gasteiger charge is 2.38. The molecule has 0 aromatic heterocycles. The van der Waals surface area contributed by atoms with Crippen LogP contribution in [0.3, 0.4) is 0 Å². The molecule has 0 bridgehead atoms. The van der Waals surface area contributed by atoms with E-state index in [0.717, 1.165) is 11.5 Å². The van der Waals surface area contributed by atoms with E-state index >= 15 is 0 Å². The summed E-state index contributed by atoms with van der Waals surface area (Å²) >= 11 is -0.0170. The van der Waals surface area contributed by atoms with Crippen LogP contribution in [0.5, 0.6) is 0 Å². The van der Waals surface area contributed by atoms with Crippen molar-refractivity contribution in [2.45, 2.75) is 0 Å². The average molecular weight is 93.1 g/mol. The molecule has 1 rings (SSSR count). The van der Waals surface area contributed by atoms with E-state index in [4.69, 9.17) is 5.26 Å². The van der Waals surface area contributed by atoms with E-state index in [9.17, 15) is 0 Å². The quantitative estimate of drug-likeness (QED) is 0.214. The predicted molar refractivity (Wildman–Crippen MR) is 20.8 cm³/mol. The minimum absolute atomic E-state index is 0.0170. The first-order valence-corrected chi connectivity index (χ1v) is 2.91. The standard InChI is InChI=1S/C2H4O2S/c3-4-5-1-2-5/h1-2H2/p+1. The van der Waals surface area contributed by atoms with Gasteiger partial charge in [-0.3, -0.25) is 0 Å². The second-order valence-corrected chi connectivity index (χ2v) is 2.77. The highest BCUT2D eigenvalue weighted by atomic mass is 32.2. The van der Waals surface area contributed by atoms with Crippen molar-refractivity contribution >= 4 is 11.2 Å². The zero-order chi connectivity index (χ0) is 3.70. The number of hydrogen-bond acceptors (Lipinski definition) is 2. The van der Waals surface area contributed by atoms with E-state index in [-0.39, 0.29) is 11.2 Å². The van der Waals surface area contributed by atoms with Crippen molar-refractivity contribution in [2.75, 3.05) is 11.5 Å². The van der Waals surface area contributed by atoms with Gasteiger partial charge in [0.25, 0.3) is 0 Å². The molecule has 0 atom stereocenters. The van der Waals surface area contributed by atoms with Gasteiger partial charge in [-0.05, 0) is 4.33 Å². The Kier molecular flexibility index (Phi) is 0.804. The molecule has 0 aromatic carbocycles. The van der Waals surface area contributed by atoms with Crippen LogP contribution < -0.4 is 0 Å². The van der Waals surface area contributed by atoms with E-state index in [1.54, 1.807) is 0 Å². The van der Waals surface area contributed by atoms with Gasteiger partial charge in [0.1, 0.15) is 0 Å². The molecule has 0 unspecified atom stereocenters. The Morgan fingerprint density at radius 3 is 2.20 bits per heavy atom. The molecule has 0 saturated carbocycles. The molecule has 1 saturated heterocycles. The largest absolute Gasteiger partial charge is 0.204 e. The molecular weight excluding hydrogens is 88.1 g/mol. The summed E-state index contributed by atoms with van der Waals surface area (Å²) in [5, 5.41) is 7.72. The third kappa shape index (κ3) is 0.792. The first-order chi connectivity index (χ1) is 2.43. The summed E-state index contributed by atoms with van der Waals surface area (Å²) in [6.45, 7) is 0. The summed E-state index contributed by atoms with van der Waals surface area (Å²) in [4.78, 5) is 0. The molecule has 0 aromatic rings. The van der Waals surface area contributed by atoms with Gasteiger partial charge >= 0.3 is 0 Å². The summed E-state index contributed by atoms with van der Waals surface area (Å²) in [6.07, 6.45) is 0. The van der Waals surface area contributed by atoms with Crippen LogP contribution in [-0.2, 0) is 15.5 Å². The lowest BCUT2D eigenvalue weighted by Gasteiger charge is -1.62. The maximum absolute atomic E-state index is 7.72. The Morgan fingerprint density at radius 1 is 1.60 bits per heavy atom. The molecule has 0 aliphatic carbocycles. The molecule has 1 heterocycles. The maximum atomic E-state index is 7.72. The van der Waals surface area contributed by atoms with Crippen molar-refractivity contribution < 1.29 is 9.59 Å².